The fraction of sp³-hybridized carbons (Fsp3) is 0.647. The molecule has 112 valence electrons. The van der Waals surface area contributed by atoms with Gasteiger partial charge in [0.2, 0.25) is 0 Å². The van der Waals surface area contributed by atoms with Crippen LogP contribution in [-0.4, -0.2) is 42.2 Å². The molecule has 4 atom stereocenters. The Morgan fingerprint density at radius 1 is 1.40 bits per heavy atom. The van der Waals surface area contributed by atoms with Gasteiger partial charge in [-0.1, -0.05) is 36.8 Å². The van der Waals surface area contributed by atoms with Gasteiger partial charge < -0.3 is 15.3 Å². The van der Waals surface area contributed by atoms with Gasteiger partial charge in [0.05, 0.1) is 6.10 Å². The molecule has 0 radical (unpaired) electrons. The number of aliphatic hydroxyl groups is 1. The van der Waals surface area contributed by atoms with Crippen LogP contribution in [0.5, 0.6) is 0 Å². The molecule has 1 aromatic carbocycles. The standard InChI is InChI=1S/C17H28N2O/c1-12-6-5-7-15(8-12)17(20)10-18-16-9-14(3)19(4)11-13(16)2/h5-8,13-14,16-18,20H,9-11H2,1-4H3. The molecule has 1 fully saturated rings. The molecule has 0 saturated carbocycles. The summed E-state index contributed by atoms with van der Waals surface area (Å²) >= 11 is 0. The number of hydrogen-bond donors (Lipinski definition) is 2. The number of aliphatic hydroxyl groups excluding tert-OH is 1. The molecule has 0 aromatic heterocycles. The third-order valence-corrected chi connectivity index (χ3v) is 4.61. The molecule has 1 aliphatic heterocycles. The van der Waals surface area contributed by atoms with E-state index in [0.29, 0.717) is 24.5 Å². The molecular weight excluding hydrogens is 248 g/mol. The third-order valence-electron chi connectivity index (χ3n) is 4.61. The predicted octanol–water partition coefficient (Wildman–Crippen LogP) is 2.35. The summed E-state index contributed by atoms with van der Waals surface area (Å²) in [6.45, 7) is 8.38. The normalized spacial score (nSPS) is 29.4. The van der Waals surface area contributed by atoms with Gasteiger partial charge in [0.15, 0.2) is 0 Å². The van der Waals surface area contributed by atoms with Crippen LogP contribution in [0.3, 0.4) is 0 Å². The number of nitrogens with one attached hydrogen (secondary N) is 1. The molecule has 2 N–H and O–H groups in total. The van der Waals surface area contributed by atoms with Gasteiger partial charge in [-0.3, -0.25) is 0 Å². The van der Waals surface area contributed by atoms with Crippen LogP contribution < -0.4 is 5.32 Å². The number of hydrogen-bond acceptors (Lipinski definition) is 3. The van der Waals surface area contributed by atoms with Crippen molar-refractivity contribution in [3.05, 3.63) is 35.4 Å². The summed E-state index contributed by atoms with van der Waals surface area (Å²) in [6, 6.07) is 9.24. The van der Waals surface area contributed by atoms with Gasteiger partial charge >= 0.3 is 0 Å². The third kappa shape index (κ3) is 3.81. The molecule has 0 amide bonds. The van der Waals surface area contributed by atoms with Crippen LogP contribution >= 0.6 is 0 Å². The van der Waals surface area contributed by atoms with Crippen LogP contribution in [0.15, 0.2) is 24.3 Å². The molecule has 1 saturated heterocycles. The molecule has 20 heavy (non-hydrogen) atoms. The average molecular weight is 276 g/mol. The minimum atomic E-state index is -0.419. The second kappa shape index (κ2) is 6.70. The molecule has 3 nitrogen and oxygen atoms in total. The van der Waals surface area contributed by atoms with Crippen LogP contribution in [0.2, 0.25) is 0 Å². The minimum absolute atomic E-state index is 0.419. The van der Waals surface area contributed by atoms with E-state index in [4.69, 9.17) is 0 Å². The Labute approximate surface area is 123 Å². The van der Waals surface area contributed by atoms with E-state index in [1.54, 1.807) is 0 Å². The van der Waals surface area contributed by atoms with E-state index in [0.717, 1.165) is 18.5 Å². The van der Waals surface area contributed by atoms with Crippen molar-refractivity contribution >= 4 is 0 Å². The van der Waals surface area contributed by atoms with Crippen LogP contribution in [0.4, 0.5) is 0 Å². The lowest BCUT2D eigenvalue weighted by Crippen LogP contribution is -2.51. The zero-order valence-electron chi connectivity index (χ0n) is 13.1. The van der Waals surface area contributed by atoms with E-state index in [9.17, 15) is 5.11 Å². The van der Waals surface area contributed by atoms with Gasteiger partial charge in [-0.2, -0.15) is 0 Å². The first kappa shape index (κ1) is 15.5. The smallest absolute Gasteiger partial charge is 0.0914 e. The average Bonchev–Trinajstić information content (AvgIpc) is 2.41. The van der Waals surface area contributed by atoms with E-state index in [1.807, 2.05) is 12.1 Å². The molecule has 0 bridgehead atoms. The Morgan fingerprint density at radius 3 is 2.85 bits per heavy atom. The van der Waals surface area contributed by atoms with Gasteiger partial charge in [-0.15, -0.1) is 0 Å². The topological polar surface area (TPSA) is 35.5 Å². The second-order valence-electron chi connectivity index (χ2n) is 6.45. The summed E-state index contributed by atoms with van der Waals surface area (Å²) in [6.07, 6.45) is 0.732. The number of aryl methyl sites for hydroxylation is 1. The number of benzene rings is 1. The zero-order valence-corrected chi connectivity index (χ0v) is 13.1. The maximum absolute atomic E-state index is 10.3. The Morgan fingerprint density at radius 2 is 2.15 bits per heavy atom. The molecule has 1 heterocycles. The van der Waals surface area contributed by atoms with Gasteiger partial charge in [0, 0.05) is 25.2 Å². The van der Waals surface area contributed by atoms with Crippen molar-refractivity contribution in [2.45, 2.75) is 45.4 Å². The Hall–Kier alpha value is -0.900. The van der Waals surface area contributed by atoms with Gasteiger partial charge in [-0.05, 0) is 38.8 Å². The van der Waals surface area contributed by atoms with Crippen LogP contribution in [0, 0.1) is 12.8 Å². The summed E-state index contributed by atoms with van der Waals surface area (Å²) in [5.74, 6) is 0.626. The SMILES string of the molecule is Cc1cccc(C(O)CNC2CC(C)N(C)CC2C)c1. The lowest BCUT2D eigenvalue weighted by atomic mass is 9.89. The monoisotopic (exact) mass is 276 g/mol. The number of likely N-dealkylation sites (tertiary alicyclic amines) is 1. The highest BCUT2D eigenvalue weighted by atomic mass is 16.3. The van der Waals surface area contributed by atoms with Gasteiger partial charge in [0.1, 0.15) is 0 Å². The Balaban J connectivity index is 1.88. The fourth-order valence-electron chi connectivity index (χ4n) is 3.08. The van der Waals surface area contributed by atoms with Crippen molar-refractivity contribution in [1.29, 1.82) is 0 Å². The molecule has 3 heteroatoms. The van der Waals surface area contributed by atoms with Crippen molar-refractivity contribution in [2.24, 2.45) is 5.92 Å². The Kier molecular flexibility index (Phi) is 5.19. The molecular formula is C17H28N2O. The number of piperidine rings is 1. The van der Waals surface area contributed by atoms with Crippen molar-refractivity contribution in [1.82, 2.24) is 10.2 Å². The highest BCUT2D eigenvalue weighted by Crippen LogP contribution is 2.21. The van der Waals surface area contributed by atoms with Gasteiger partial charge in [0.25, 0.3) is 0 Å². The summed E-state index contributed by atoms with van der Waals surface area (Å²) in [7, 11) is 2.19. The summed E-state index contributed by atoms with van der Waals surface area (Å²) in [4.78, 5) is 2.42. The predicted molar refractivity (Wildman–Crippen MR) is 83.8 cm³/mol. The Bertz CT molecular complexity index is 435. The van der Waals surface area contributed by atoms with Gasteiger partial charge in [-0.25, -0.2) is 0 Å². The first-order valence-electron chi connectivity index (χ1n) is 7.65. The molecule has 4 unspecified atom stereocenters. The minimum Gasteiger partial charge on any atom is -0.387 e. The van der Waals surface area contributed by atoms with Crippen LogP contribution in [0.1, 0.15) is 37.5 Å². The molecule has 2 rings (SSSR count). The quantitative estimate of drug-likeness (QED) is 0.886. The maximum atomic E-state index is 10.3. The van der Waals surface area contributed by atoms with Crippen molar-refractivity contribution < 1.29 is 5.11 Å². The lowest BCUT2D eigenvalue weighted by molar-refractivity contribution is 0.106. The second-order valence-corrected chi connectivity index (χ2v) is 6.45. The van der Waals surface area contributed by atoms with E-state index in [1.165, 1.54) is 5.56 Å². The molecule has 1 aromatic rings. The molecule has 0 spiro atoms. The molecule has 1 aliphatic rings. The van der Waals surface area contributed by atoms with Crippen LogP contribution in [0.25, 0.3) is 0 Å². The zero-order chi connectivity index (χ0) is 14.7. The van der Waals surface area contributed by atoms with Crippen molar-refractivity contribution in [3.8, 4) is 0 Å². The summed E-state index contributed by atoms with van der Waals surface area (Å²) in [5.41, 5.74) is 2.20. The van der Waals surface area contributed by atoms with Crippen molar-refractivity contribution in [2.75, 3.05) is 20.1 Å². The fourth-order valence-corrected chi connectivity index (χ4v) is 3.08. The van der Waals surface area contributed by atoms with E-state index < -0.39 is 6.10 Å². The van der Waals surface area contributed by atoms with Crippen LogP contribution in [-0.2, 0) is 0 Å². The first-order valence-corrected chi connectivity index (χ1v) is 7.65. The first-order chi connectivity index (χ1) is 9.47. The lowest BCUT2D eigenvalue weighted by Gasteiger charge is -2.40. The van der Waals surface area contributed by atoms with Crippen molar-refractivity contribution in [3.63, 3.8) is 0 Å². The summed E-state index contributed by atoms with van der Waals surface area (Å²) < 4.78 is 0. The van der Waals surface area contributed by atoms with E-state index in [2.05, 4.69) is 50.2 Å². The number of nitrogens with zero attached hydrogens (tertiary/aromatic N) is 1. The summed E-state index contributed by atoms with van der Waals surface area (Å²) in [5, 5.41) is 13.9. The molecule has 0 aliphatic carbocycles. The number of rotatable bonds is 4. The maximum Gasteiger partial charge on any atom is 0.0914 e. The van der Waals surface area contributed by atoms with E-state index in [-0.39, 0.29) is 0 Å². The van der Waals surface area contributed by atoms with E-state index >= 15 is 0 Å². The highest BCUT2D eigenvalue weighted by Gasteiger charge is 2.28. The highest BCUT2D eigenvalue weighted by molar-refractivity contribution is 5.24. The largest absolute Gasteiger partial charge is 0.387 e.